The summed E-state index contributed by atoms with van der Waals surface area (Å²) in [6.07, 6.45) is 3.24. The van der Waals surface area contributed by atoms with Crippen molar-refractivity contribution in [3.8, 4) is 0 Å². The molecule has 1 aromatic rings. The van der Waals surface area contributed by atoms with Gasteiger partial charge in [0.25, 0.3) is 0 Å². The van der Waals surface area contributed by atoms with Crippen molar-refractivity contribution in [1.29, 1.82) is 0 Å². The lowest BCUT2D eigenvalue weighted by molar-refractivity contribution is -0.114. The lowest BCUT2D eigenvalue weighted by Crippen LogP contribution is -2.45. The van der Waals surface area contributed by atoms with Gasteiger partial charge in [-0.3, -0.25) is 9.78 Å². The average molecular weight is 307 g/mol. The molecular weight excluding hydrogens is 282 g/mol. The number of hydrogen-bond donors (Lipinski definition) is 3. The van der Waals surface area contributed by atoms with Crippen LogP contribution in [0.4, 0.5) is 5.69 Å². The van der Waals surface area contributed by atoms with Crippen molar-refractivity contribution in [3.05, 3.63) is 24.5 Å². The highest BCUT2D eigenvalue weighted by molar-refractivity contribution is 5.93. The molecule has 7 nitrogen and oxygen atoms in total. The van der Waals surface area contributed by atoms with Crippen molar-refractivity contribution >= 4 is 17.6 Å². The molecule has 1 heterocycles. The van der Waals surface area contributed by atoms with Crippen molar-refractivity contribution in [2.45, 2.75) is 26.4 Å². The highest BCUT2D eigenvalue weighted by Crippen LogP contribution is 2.04. The third-order valence-electron chi connectivity index (χ3n) is 2.90. The van der Waals surface area contributed by atoms with Gasteiger partial charge >= 0.3 is 0 Å². The number of carbonyl (C=O) groups is 1. The summed E-state index contributed by atoms with van der Waals surface area (Å²) >= 11 is 0. The number of hydrogen-bond acceptors (Lipinski definition) is 4. The fraction of sp³-hybridized carbons (Fsp3) is 0.533. The molecule has 0 aromatic carbocycles. The monoisotopic (exact) mass is 307 g/mol. The Hall–Kier alpha value is -2.15. The molecule has 0 saturated carbocycles. The van der Waals surface area contributed by atoms with E-state index in [0.717, 1.165) is 0 Å². The number of ether oxygens (including phenoxy) is 1. The van der Waals surface area contributed by atoms with Crippen molar-refractivity contribution in [2.24, 2.45) is 4.99 Å². The summed E-state index contributed by atoms with van der Waals surface area (Å²) < 4.78 is 5.34. The molecule has 0 radical (unpaired) electrons. The van der Waals surface area contributed by atoms with Gasteiger partial charge in [0.05, 0.1) is 17.5 Å². The SMILES string of the molecule is CCNC(=NCC(=O)Nc1cccnc1)NCC(C)(C)OC. The van der Waals surface area contributed by atoms with Crippen LogP contribution in [0, 0.1) is 0 Å². The number of nitrogens with zero attached hydrogens (tertiary/aromatic N) is 2. The summed E-state index contributed by atoms with van der Waals surface area (Å²) in [6.45, 7) is 7.23. The second kappa shape index (κ2) is 8.99. The number of rotatable bonds is 7. The molecule has 0 unspecified atom stereocenters. The van der Waals surface area contributed by atoms with E-state index in [9.17, 15) is 4.79 Å². The van der Waals surface area contributed by atoms with Gasteiger partial charge in [-0.25, -0.2) is 4.99 Å². The first-order valence-corrected chi connectivity index (χ1v) is 7.24. The normalized spacial score (nSPS) is 11.9. The van der Waals surface area contributed by atoms with E-state index in [1.54, 1.807) is 31.6 Å². The minimum atomic E-state index is -0.311. The number of methoxy groups -OCH3 is 1. The molecule has 0 aliphatic rings. The van der Waals surface area contributed by atoms with E-state index in [1.165, 1.54) is 0 Å². The topological polar surface area (TPSA) is 87.6 Å². The molecule has 0 saturated heterocycles. The minimum absolute atomic E-state index is 0.0254. The summed E-state index contributed by atoms with van der Waals surface area (Å²) in [7, 11) is 1.66. The number of carbonyl (C=O) groups excluding carboxylic acids is 1. The molecule has 122 valence electrons. The largest absolute Gasteiger partial charge is 0.377 e. The summed E-state index contributed by atoms with van der Waals surface area (Å²) in [4.78, 5) is 20.0. The second-order valence-corrected chi connectivity index (χ2v) is 5.30. The number of amides is 1. The van der Waals surface area contributed by atoms with E-state index in [2.05, 4.69) is 25.9 Å². The van der Waals surface area contributed by atoms with E-state index >= 15 is 0 Å². The van der Waals surface area contributed by atoms with Crippen molar-refractivity contribution in [2.75, 3.05) is 32.1 Å². The Morgan fingerprint density at radius 2 is 2.18 bits per heavy atom. The van der Waals surface area contributed by atoms with Crippen molar-refractivity contribution in [1.82, 2.24) is 15.6 Å². The number of anilines is 1. The first-order valence-electron chi connectivity index (χ1n) is 7.24. The van der Waals surface area contributed by atoms with Crippen LogP contribution in [-0.4, -0.2) is 49.2 Å². The van der Waals surface area contributed by atoms with Crippen LogP contribution in [0.1, 0.15) is 20.8 Å². The Kier molecular flexibility index (Phi) is 7.31. The quantitative estimate of drug-likeness (QED) is 0.517. The van der Waals surface area contributed by atoms with Gasteiger partial charge in [-0.05, 0) is 32.9 Å². The summed E-state index contributed by atoms with van der Waals surface area (Å²) in [5.74, 6) is 0.380. The molecule has 1 aromatic heterocycles. The van der Waals surface area contributed by atoms with Gasteiger partial charge in [-0.2, -0.15) is 0 Å². The minimum Gasteiger partial charge on any atom is -0.377 e. The maximum atomic E-state index is 11.9. The van der Waals surface area contributed by atoms with E-state index < -0.39 is 0 Å². The third kappa shape index (κ3) is 7.03. The van der Waals surface area contributed by atoms with Gasteiger partial charge in [-0.1, -0.05) is 0 Å². The number of nitrogens with one attached hydrogen (secondary N) is 3. The maximum absolute atomic E-state index is 11.9. The first-order chi connectivity index (χ1) is 10.5. The molecule has 22 heavy (non-hydrogen) atoms. The second-order valence-electron chi connectivity index (χ2n) is 5.30. The number of aromatic nitrogens is 1. The molecule has 0 fully saturated rings. The molecule has 0 aliphatic heterocycles. The lowest BCUT2D eigenvalue weighted by Gasteiger charge is -2.24. The van der Waals surface area contributed by atoms with Gasteiger partial charge in [0.15, 0.2) is 5.96 Å². The van der Waals surface area contributed by atoms with Crippen LogP contribution in [0.2, 0.25) is 0 Å². The zero-order valence-electron chi connectivity index (χ0n) is 13.6. The van der Waals surface area contributed by atoms with Gasteiger partial charge in [0, 0.05) is 26.4 Å². The number of pyridine rings is 1. The van der Waals surface area contributed by atoms with Crippen LogP contribution >= 0.6 is 0 Å². The van der Waals surface area contributed by atoms with E-state index in [1.807, 2.05) is 20.8 Å². The molecule has 7 heteroatoms. The molecule has 1 amide bonds. The molecule has 0 aliphatic carbocycles. The average Bonchev–Trinajstić information content (AvgIpc) is 2.51. The number of guanidine groups is 1. The van der Waals surface area contributed by atoms with Crippen molar-refractivity contribution in [3.63, 3.8) is 0 Å². The van der Waals surface area contributed by atoms with Crippen LogP contribution < -0.4 is 16.0 Å². The predicted octanol–water partition coefficient (Wildman–Crippen LogP) is 1.00. The zero-order chi connectivity index (χ0) is 16.4. The molecule has 1 rings (SSSR count). The van der Waals surface area contributed by atoms with E-state index in [0.29, 0.717) is 24.7 Å². The fourth-order valence-corrected chi connectivity index (χ4v) is 1.50. The first kappa shape index (κ1) is 17.9. The summed E-state index contributed by atoms with van der Waals surface area (Å²) in [5.41, 5.74) is 0.343. The van der Waals surface area contributed by atoms with Crippen molar-refractivity contribution < 1.29 is 9.53 Å². The molecule has 0 bridgehead atoms. The van der Waals surface area contributed by atoms with Crippen LogP contribution in [0.5, 0.6) is 0 Å². The predicted molar refractivity (Wildman–Crippen MR) is 87.9 cm³/mol. The molecule has 0 atom stereocenters. The summed E-state index contributed by atoms with van der Waals surface area (Å²) in [6, 6.07) is 3.54. The van der Waals surface area contributed by atoms with Gasteiger partial charge in [0.2, 0.25) is 5.91 Å². The van der Waals surface area contributed by atoms with Crippen LogP contribution in [0.15, 0.2) is 29.5 Å². The standard InChI is InChI=1S/C15H25N5O2/c1-5-17-14(19-11-15(2,3)22-4)18-10-13(21)20-12-7-6-8-16-9-12/h6-9H,5,10-11H2,1-4H3,(H,20,21)(H2,17,18,19). The fourth-order valence-electron chi connectivity index (χ4n) is 1.50. The third-order valence-corrected chi connectivity index (χ3v) is 2.90. The molecule has 0 spiro atoms. The van der Waals surface area contributed by atoms with E-state index in [4.69, 9.17) is 4.74 Å². The Balaban J connectivity index is 2.52. The lowest BCUT2D eigenvalue weighted by atomic mass is 10.1. The number of aliphatic imine (C=N–C) groups is 1. The maximum Gasteiger partial charge on any atom is 0.246 e. The van der Waals surface area contributed by atoms with Gasteiger partial charge in [0.1, 0.15) is 6.54 Å². The highest BCUT2D eigenvalue weighted by Gasteiger charge is 2.16. The Labute approximate surface area is 131 Å². The highest BCUT2D eigenvalue weighted by atomic mass is 16.5. The molecular formula is C15H25N5O2. The van der Waals surface area contributed by atoms with Crippen LogP contribution in [0.3, 0.4) is 0 Å². The van der Waals surface area contributed by atoms with Gasteiger partial charge in [-0.15, -0.1) is 0 Å². The smallest absolute Gasteiger partial charge is 0.246 e. The zero-order valence-corrected chi connectivity index (χ0v) is 13.6. The van der Waals surface area contributed by atoms with Gasteiger partial charge < -0.3 is 20.7 Å². The summed E-state index contributed by atoms with van der Waals surface area (Å²) in [5, 5.41) is 8.98. The Bertz CT molecular complexity index is 488. The Morgan fingerprint density at radius 3 is 2.77 bits per heavy atom. The molecule has 3 N–H and O–H groups in total. The Morgan fingerprint density at radius 1 is 1.41 bits per heavy atom. The van der Waals surface area contributed by atoms with Crippen LogP contribution in [-0.2, 0) is 9.53 Å². The van der Waals surface area contributed by atoms with Crippen LogP contribution in [0.25, 0.3) is 0 Å². The van der Waals surface area contributed by atoms with E-state index in [-0.39, 0.29) is 18.1 Å².